The minimum Gasteiger partial charge on any atom is -0.481 e. The van der Waals surface area contributed by atoms with Gasteiger partial charge in [-0.3, -0.25) is 4.79 Å². The van der Waals surface area contributed by atoms with Crippen LogP contribution in [0.5, 0.6) is 0 Å². The zero-order valence-electron chi connectivity index (χ0n) is 8.33. The highest BCUT2D eigenvalue weighted by molar-refractivity contribution is 5.78. The van der Waals surface area contributed by atoms with Gasteiger partial charge in [-0.25, -0.2) is 0 Å². The van der Waals surface area contributed by atoms with Gasteiger partial charge in [0.15, 0.2) is 0 Å². The summed E-state index contributed by atoms with van der Waals surface area (Å²) in [4.78, 5) is 11.3. The number of allylic oxidation sites excluding steroid dienone is 2. The van der Waals surface area contributed by atoms with E-state index in [0.717, 1.165) is 25.7 Å². The van der Waals surface area contributed by atoms with Crippen LogP contribution in [0.3, 0.4) is 0 Å². The summed E-state index contributed by atoms with van der Waals surface area (Å²) in [7, 11) is 0. The Hall–Kier alpha value is -0.790. The minimum atomic E-state index is -0.546. The monoisotopic (exact) mass is 192 g/mol. The third-order valence-electron chi connectivity index (χ3n) is 4.89. The van der Waals surface area contributed by atoms with Crippen LogP contribution >= 0.6 is 0 Å². The molecule has 0 aromatic carbocycles. The summed E-state index contributed by atoms with van der Waals surface area (Å²) in [5.74, 6) is -0.580. The summed E-state index contributed by atoms with van der Waals surface area (Å²) in [6, 6.07) is 0. The Kier molecular flexibility index (Phi) is 1.47. The molecule has 2 heteroatoms. The van der Waals surface area contributed by atoms with Crippen LogP contribution in [0.25, 0.3) is 0 Å². The molecule has 3 aliphatic rings. The van der Waals surface area contributed by atoms with Crippen LogP contribution in [-0.4, -0.2) is 11.1 Å². The fraction of sp³-hybridized carbons (Fsp3) is 0.750. The van der Waals surface area contributed by atoms with E-state index in [4.69, 9.17) is 0 Å². The molecule has 0 radical (unpaired) electrons. The van der Waals surface area contributed by atoms with E-state index in [1.165, 1.54) is 12.8 Å². The van der Waals surface area contributed by atoms with E-state index in [2.05, 4.69) is 12.2 Å². The molecule has 3 aliphatic carbocycles. The number of carboxylic acids is 1. The predicted molar refractivity (Wildman–Crippen MR) is 52.8 cm³/mol. The van der Waals surface area contributed by atoms with Crippen molar-refractivity contribution in [2.45, 2.75) is 38.5 Å². The number of hydrogen-bond donors (Lipinski definition) is 1. The molecule has 76 valence electrons. The third-order valence-corrected chi connectivity index (χ3v) is 4.89. The lowest BCUT2D eigenvalue weighted by atomic mass is 9.73. The molecule has 0 aliphatic heterocycles. The number of rotatable bonds is 1. The molecule has 0 aromatic heterocycles. The summed E-state index contributed by atoms with van der Waals surface area (Å²) in [5, 5.41) is 9.28. The lowest BCUT2D eigenvalue weighted by Crippen LogP contribution is -2.20. The number of aliphatic carboxylic acids is 1. The van der Waals surface area contributed by atoms with Crippen LogP contribution in [0.15, 0.2) is 12.2 Å². The Labute approximate surface area is 84.0 Å². The second-order valence-electron chi connectivity index (χ2n) is 5.17. The summed E-state index contributed by atoms with van der Waals surface area (Å²) in [6.07, 6.45) is 11.2. The van der Waals surface area contributed by atoms with Gasteiger partial charge in [0.2, 0.25) is 0 Å². The van der Waals surface area contributed by atoms with Crippen molar-refractivity contribution >= 4 is 5.97 Å². The van der Waals surface area contributed by atoms with Crippen molar-refractivity contribution in [3.63, 3.8) is 0 Å². The topological polar surface area (TPSA) is 37.3 Å². The molecule has 1 N–H and O–H groups in total. The molecule has 0 spiro atoms. The van der Waals surface area contributed by atoms with Crippen LogP contribution < -0.4 is 0 Å². The van der Waals surface area contributed by atoms with Crippen molar-refractivity contribution in [2.75, 3.05) is 0 Å². The summed E-state index contributed by atoms with van der Waals surface area (Å²) >= 11 is 0. The van der Waals surface area contributed by atoms with Gasteiger partial charge >= 0.3 is 5.97 Å². The molecule has 2 saturated carbocycles. The molecule has 3 rings (SSSR count). The molecule has 0 aromatic rings. The second-order valence-corrected chi connectivity index (χ2v) is 5.17. The van der Waals surface area contributed by atoms with E-state index in [1.807, 2.05) is 0 Å². The quantitative estimate of drug-likeness (QED) is 0.648. The van der Waals surface area contributed by atoms with Crippen LogP contribution in [-0.2, 0) is 4.79 Å². The van der Waals surface area contributed by atoms with Gasteiger partial charge in [-0.1, -0.05) is 25.0 Å². The first kappa shape index (κ1) is 8.51. The molecule has 2 fully saturated rings. The van der Waals surface area contributed by atoms with Crippen molar-refractivity contribution in [1.82, 2.24) is 0 Å². The van der Waals surface area contributed by atoms with Gasteiger partial charge in [0, 0.05) is 0 Å². The highest BCUT2D eigenvalue weighted by Gasteiger charge is 2.78. The molecule has 0 heterocycles. The summed E-state index contributed by atoms with van der Waals surface area (Å²) in [5.41, 5.74) is 0.345. The zero-order chi connectivity index (χ0) is 9.81. The van der Waals surface area contributed by atoms with Crippen molar-refractivity contribution in [3.05, 3.63) is 12.2 Å². The third kappa shape index (κ3) is 0.723. The van der Waals surface area contributed by atoms with Crippen LogP contribution in [0.4, 0.5) is 0 Å². The van der Waals surface area contributed by atoms with Gasteiger partial charge in [-0.15, -0.1) is 0 Å². The van der Waals surface area contributed by atoms with Crippen molar-refractivity contribution in [3.8, 4) is 0 Å². The van der Waals surface area contributed by atoms with E-state index in [9.17, 15) is 9.90 Å². The lowest BCUT2D eigenvalue weighted by molar-refractivity contribution is -0.140. The zero-order valence-corrected chi connectivity index (χ0v) is 8.33. The minimum absolute atomic E-state index is 0.0347. The fourth-order valence-electron chi connectivity index (χ4n) is 4.31. The van der Waals surface area contributed by atoms with Gasteiger partial charge in [-0.05, 0) is 36.5 Å². The number of hydrogen-bond acceptors (Lipinski definition) is 1. The Morgan fingerprint density at radius 2 is 1.64 bits per heavy atom. The number of carboxylic acid groups (broad SMARTS) is 1. The average molecular weight is 192 g/mol. The predicted octanol–water partition coefficient (Wildman–Crippen LogP) is 2.60. The first-order valence-electron chi connectivity index (χ1n) is 5.61. The van der Waals surface area contributed by atoms with Gasteiger partial charge in [-0.2, -0.15) is 0 Å². The highest BCUT2D eigenvalue weighted by Crippen LogP contribution is 2.80. The smallest absolute Gasteiger partial charge is 0.307 e. The lowest BCUT2D eigenvalue weighted by Gasteiger charge is -2.31. The standard InChI is InChI=1S/C12H16O2/c13-10(14)9-11-5-1-2-6-12(9,11)8-4-3-7-11/h1-2,9H,3-8H2,(H,13,14)/t9?,11-,12+. The van der Waals surface area contributed by atoms with Gasteiger partial charge in [0.05, 0.1) is 5.92 Å². The normalized spacial score (nSPS) is 49.3. The van der Waals surface area contributed by atoms with Crippen molar-refractivity contribution in [2.24, 2.45) is 16.7 Å². The van der Waals surface area contributed by atoms with Crippen LogP contribution in [0.2, 0.25) is 0 Å². The largest absolute Gasteiger partial charge is 0.481 e. The second kappa shape index (κ2) is 2.41. The Balaban J connectivity index is 2.01. The fourth-order valence-corrected chi connectivity index (χ4v) is 4.31. The number of carbonyl (C=O) groups is 1. The van der Waals surface area contributed by atoms with E-state index in [-0.39, 0.29) is 16.7 Å². The SMILES string of the molecule is O=C(O)C1[C@@]23CC=CC[C@@]12CCCC3. The maximum Gasteiger partial charge on any atom is 0.307 e. The molecule has 1 unspecified atom stereocenters. The molecule has 0 amide bonds. The Bertz CT molecular complexity index is 296. The van der Waals surface area contributed by atoms with Gasteiger partial charge in [0.1, 0.15) is 0 Å². The van der Waals surface area contributed by atoms with Gasteiger partial charge in [0.25, 0.3) is 0 Å². The van der Waals surface area contributed by atoms with Gasteiger partial charge < -0.3 is 5.11 Å². The first-order valence-corrected chi connectivity index (χ1v) is 5.61. The van der Waals surface area contributed by atoms with E-state index >= 15 is 0 Å². The van der Waals surface area contributed by atoms with Crippen molar-refractivity contribution < 1.29 is 9.90 Å². The Morgan fingerprint density at radius 3 is 2.07 bits per heavy atom. The molecule has 0 bridgehead atoms. The molecule has 3 atom stereocenters. The van der Waals surface area contributed by atoms with E-state index in [1.54, 1.807) is 0 Å². The van der Waals surface area contributed by atoms with Crippen LogP contribution in [0, 0.1) is 16.7 Å². The summed E-state index contributed by atoms with van der Waals surface area (Å²) in [6.45, 7) is 0. The average Bonchev–Trinajstić information content (AvgIpc) is 2.81. The van der Waals surface area contributed by atoms with Crippen LogP contribution in [0.1, 0.15) is 38.5 Å². The summed E-state index contributed by atoms with van der Waals surface area (Å²) < 4.78 is 0. The molecular formula is C12H16O2. The molecule has 14 heavy (non-hydrogen) atoms. The van der Waals surface area contributed by atoms with Crippen molar-refractivity contribution in [1.29, 1.82) is 0 Å². The maximum atomic E-state index is 11.3. The Morgan fingerprint density at radius 1 is 1.14 bits per heavy atom. The maximum absolute atomic E-state index is 11.3. The molecular weight excluding hydrogens is 176 g/mol. The molecule has 2 nitrogen and oxygen atoms in total. The molecule has 0 saturated heterocycles. The van der Waals surface area contributed by atoms with E-state index < -0.39 is 5.97 Å². The van der Waals surface area contributed by atoms with E-state index in [0.29, 0.717) is 0 Å². The first-order chi connectivity index (χ1) is 6.73. The highest BCUT2D eigenvalue weighted by atomic mass is 16.4.